The fourth-order valence-corrected chi connectivity index (χ4v) is 7.82. The second-order valence-corrected chi connectivity index (χ2v) is 10.4. The van der Waals surface area contributed by atoms with E-state index >= 15 is 0 Å². The lowest BCUT2D eigenvalue weighted by molar-refractivity contribution is 1.19. The Bertz CT molecular complexity index is 334. The molecule has 0 heterocycles. The molecule has 0 aliphatic heterocycles. The Kier molecular flexibility index (Phi) is 4.11. The molecule has 92 valence electrons. The maximum absolute atomic E-state index is 2.40. The van der Waals surface area contributed by atoms with Gasteiger partial charge in [-0.3, -0.25) is 0 Å². The Labute approximate surface area is 102 Å². The predicted molar refractivity (Wildman–Crippen MR) is 77.8 cm³/mol. The second-order valence-electron chi connectivity index (χ2n) is 5.22. The van der Waals surface area contributed by atoms with Crippen molar-refractivity contribution in [3.63, 3.8) is 0 Å². The summed E-state index contributed by atoms with van der Waals surface area (Å²) in [4.78, 5) is 0. The summed E-state index contributed by atoms with van der Waals surface area (Å²) in [6, 6.07) is 4.18. The van der Waals surface area contributed by atoms with Crippen molar-refractivity contribution in [1.29, 1.82) is 0 Å². The summed E-state index contributed by atoms with van der Waals surface area (Å²) < 4.78 is 0. The minimum Gasteiger partial charge on any atom is -0.199 e. The van der Waals surface area contributed by atoms with E-state index in [1.54, 1.807) is 27.4 Å². The summed E-state index contributed by atoms with van der Waals surface area (Å²) in [6.45, 7) is 16.5. The van der Waals surface area contributed by atoms with Crippen LogP contribution < -0.4 is 5.19 Å². The molecule has 1 aromatic rings. The first-order valence-electron chi connectivity index (χ1n) is 6.68. The molecule has 0 unspecified atom stereocenters. The Hall–Kier alpha value is -0.433. The fourth-order valence-electron chi connectivity index (χ4n) is 3.29. The monoisotopic (exact) mass is 235 g/mol. The number of hydrogen-bond acceptors (Lipinski definition) is 0. The van der Waals surface area contributed by atoms with Crippen LogP contribution in [-0.4, -0.2) is 8.07 Å². The van der Waals surface area contributed by atoms with Gasteiger partial charge in [0.05, 0.1) is 8.07 Å². The smallest absolute Gasteiger partial charge is 0.0595 e. The molecule has 0 amide bonds. The van der Waals surface area contributed by atoms with Crippen molar-refractivity contribution in [3.8, 4) is 0 Å². The van der Waals surface area contributed by atoms with Gasteiger partial charge in [-0.15, -0.1) is 0 Å². The summed E-state index contributed by atoms with van der Waals surface area (Å²) in [7, 11) is -1.19. The van der Waals surface area contributed by atoms with Gasteiger partial charge in [0.2, 0.25) is 0 Å². The first-order valence-corrected chi connectivity index (χ1v) is 9.30. The fraction of sp³-hybridized carbons (Fsp3) is 0.667. The molecule has 0 atom stereocenters. The average molecular weight is 235 g/mol. The third-order valence-corrected chi connectivity index (χ3v) is 10.9. The Morgan fingerprint density at radius 3 is 1.56 bits per heavy atom. The van der Waals surface area contributed by atoms with Gasteiger partial charge in [-0.25, -0.2) is 0 Å². The largest absolute Gasteiger partial charge is 0.199 e. The van der Waals surface area contributed by atoms with Gasteiger partial charge < -0.3 is 0 Å². The minimum absolute atomic E-state index is 1.19. The summed E-state index contributed by atoms with van der Waals surface area (Å²) in [5, 5.41) is 1.79. The standard InChI is InChI=1S/C15H27Si/c1-8-16(9-2,10-3)15-13(6)11(4)12(5)14(15)7/h8-10H2,1-7H3/q-1. The summed E-state index contributed by atoms with van der Waals surface area (Å²) >= 11 is 0. The van der Waals surface area contributed by atoms with E-state index in [1.165, 1.54) is 18.1 Å². The maximum atomic E-state index is 2.40. The van der Waals surface area contributed by atoms with E-state index in [-0.39, 0.29) is 0 Å². The zero-order chi connectivity index (χ0) is 12.5. The highest BCUT2D eigenvalue weighted by Crippen LogP contribution is 2.28. The van der Waals surface area contributed by atoms with E-state index < -0.39 is 8.07 Å². The highest BCUT2D eigenvalue weighted by atomic mass is 28.3. The highest BCUT2D eigenvalue weighted by molar-refractivity contribution is 6.92. The van der Waals surface area contributed by atoms with Crippen LogP contribution in [0.5, 0.6) is 0 Å². The van der Waals surface area contributed by atoms with Crippen molar-refractivity contribution in [3.05, 3.63) is 22.3 Å². The number of rotatable bonds is 4. The van der Waals surface area contributed by atoms with E-state index in [0.717, 1.165) is 0 Å². The number of hydrogen-bond donors (Lipinski definition) is 0. The summed E-state index contributed by atoms with van der Waals surface area (Å²) in [5.41, 5.74) is 6.29. The van der Waals surface area contributed by atoms with Gasteiger partial charge in [-0.05, 0) is 0 Å². The molecule has 1 aromatic carbocycles. The average Bonchev–Trinajstić information content (AvgIpc) is 2.49. The van der Waals surface area contributed by atoms with Crippen LogP contribution in [0.1, 0.15) is 43.0 Å². The van der Waals surface area contributed by atoms with Gasteiger partial charge in [0.1, 0.15) is 0 Å². The highest BCUT2D eigenvalue weighted by Gasteiger charge is 2.28. The summed E-state index contributed by atoms with van der Waals surface area (Å²) in [6.07, 6.45) is 0. The third-order valence-electron chi connectivity index (χ3n) is 5.00. The van der Waals surface area contributed by atoms with Crippen LogP contribution in [-0.2, 0) is 0 Å². The lowest BCUT2D eigenvalue weighted by Gasteiger charge is -2.35. The minimum atomic E-state index is -1.19. The van der Waals surface area contributed by atoms with Crippen molar-refractivity contribution in [2.45, 2.75) is 66.6 Å². The topological polar surface area (TPSA) is 0 Å². The zero-order valence-electron chi connectivity index (χ0n) is 12.1. The molecule has 0 saturated heterocycles. The molecule has 1 rings (SSSR count). The lowest BCUT2D eigenvalue weighted by atomic mass is 10.2. The first kappa shape index (κ1) is 13.6. The van der Waals surface area contributed by atoms with Gasteiger partial charge in [-0.1, -0.05) is 66.6 Å². The lowest BCUT2D eigenvalue weighted by Crippen LogP contribution is -2.47. The van der Waals surface area contributed by atoms with Crippen LogP contribution in [0.15, 0.2) is 0 Å². The second kappa shape index (κ2) is 4.83. The van der Waals surface area contributed by atoms with Crippen molar-refractivity contribution in [2.24, 2.45) is 0 Å². The Morgan fingerprint density at radius 2 is 1.31 bits per heavy atom. The molecule has 0 aliphatic rings. The van der Waals surface area contributed by atoms with Crippen LogP contribution in [0.2, 0.25) is 18.1 Å². The quantitative estimate of drug-likeness (QED) is 0.537. The van der Waals surface area contributed by atoms with Crippen molar-refractivity contribution < 1.29 is 0 Å². The Balaban J connectivity index is 3.47. The SMILES string of the molecule is CC[Si](CC)(CC)c1c(C)c(C)c(C)[c-]1C. The van der Waals surface area contributed by atoms with Crippen molar-refractivity contribution in [2.75, 3.05) is 0 Å². The predicted octanol–water partition coefficient (Wildman–Crippen LogP) is 4.35. The van der Waals surface area contributed by atoms with Crippen LogP contribution in [0.4, 0.5) is 0 Å². The van der Waals surface area contributed by atoms with Crippen LogP contribution >= 0.6 is 0 Å². The van der Waals surface area contributed by atoms with Gasteiger partial charge in [0.15, 0.2) is 0 Å². The van der Waals surface area contributed by atoms with Crippen LogP contribution in [0, 0.1) is 27.7 Å². The van der Waals surface area contributed by atoms with E-state index in [1.807, 2.05) is 0 Å². The van der Waals surface area contributed by atoms with Gasteiger partial charge in [0.25, 0.3) is 0 Å². The molecular weight excluding hydrogens is 208 g/mol. The third kappa shape index (κ3) is 1.79. The molecule has 0 aliphatic carbocycles. The van der Waals surface area contributed by atoms with Crippen molar-refractivity contribution in [1.82, 2.24) is 0 Å². The van der Waals surface area contributed by atoms with E-state index in [2.05, 4.69) is 48.5 Å². The van der Waals surface area contributed by atoms with Gasteiger partial charge in [-0.2, -0.15) is 27.4 Å². The summed E-state index contributed by atoms with van der Waals surface area (Å²) in [5.74, 6) is 0. The molecule has 0 spiro atoms. The van der Waals surface area contributed by atoms with Gasteiger partial charge in [0, 0.05) is 0 Å². The Morgan fingerprint density at radius 1 is 0.875 bits per heavy atom. The molecule has 0 radical (unpaired) electrons. The normalized spacial score (nSPS) is 12.2. The molecule has 16 heavy (non-hydrogen) atoms. The van der Waals surface area contributed by atoms with Crippen molar-refractivity contribution >= 4 is 13.3 Å². The van der Waals surface area contributed by atoms with E-state index in [4.69, 9.17) is 0 Å². The van der Waals surface area contributed by atoms with E-state index in [0.29, 0.717) is 0 Å². The van der Waals surface area contributed by atoms with Crippen LogP contribution in [0.25, 0.3) is 0 Å². The van der Waals surface area contributed by atoms with Crippen LogP contribution in [0.3, 0.4) is 0 Å². The molecule has 0 fully saturated rings. The molecule has 0 N–H and O–H groups in total. The van der Waals surface area contributed by atoms with E-state index in [9.17, 15) is 0 Å². The maximum Gasteiger partial charge on any atom is 0.0595 e. The molecule has 0 aromatic heterocycles. The molecule has 0 bridgehead atoms. The molecule has 0 nitrogen and oxygen atoms in total. The van der Waals surface area contributed by atoms with Gasteiger partial charge >= 0.3 is 0 Å². The first-order chi connectivity index (χ1) is 7.45. The molecule has 0 saturated carbocycles. The molecular formula is C15H27Si-. The zero-order valence-corrected chi connectivity index (χ0v) is 13.1. The molecule has 1 heteroatoms.